The molecule has 18 heavy (non-hydrogen) atoms. The van der Waals surface area contributed by atoms with Crippen LogP contribution in [0.15, 0.2) is 22.6 Å². The molecule has 0 amide bonds. The van der Waals surface area contributed by atoms with Gasteiger partial charge in [-0.1, -0.05) is 12.1 Å². The van der Waals surface area contributed by atoms with E-state index in [0.29, 0.717) is 11.8 Å². The second-order valence-electron chi connectivity index (χ2n) is 4.14. The minimum Gasteiger partial charge on any atom is -0.421 e. The van der Waals surface area contributed by atoms with Crippen LogP contribution in [0, 0.1) is 10.5 Å². The van der Waals surface area contributed by atoms with Gasteiger partial charge in [0.05, 0.1) is 5.56 Å². The molecule has 0 saturated heterocycles. The number of aromatic nitrogens is 2. The van der Waals surface area contributed by atoms with Crippen LogP contribution in [0.1, 0.15) is 17.9 Å². The van der Waals surface area contributed by atoms with Crippen LogP contribution in [0.25, 0.3) is 11.5 Å². The molecule has 0 aliphatic carbocycles. The Hall–Kier alpha value is -0.950. The molecule has 1 heterocycles. The highest BCUT2D eigenvalue weighted by Crippen LogP contribution is 2.26. The molecule has 0 bridgehead atoms. The van der Waals surface area contributed by atoms with Gasteiger partial charge in [-0.05, 0) is 61.2 Å². The number of nitrogens with one attached hydrogen (secondary N) is 1. The fourth-order valence-electron chi connectivity index (χ4n) is 1.69. The van der Waals surface area contributed by atoms with E-state index in [-0.39, 0.29) is 0 Å². The standard InChI is InChI=1S/C13H16IN3O/c1-9-5-3-6-10(12(9)14)13-17-16-11(18-13)7-4-8-15-2/h3,5-6,15H,4,7-8H2,1-2H3. The largest absolute Gasteiger partial charge is 0.421 e. The number of benzene rings is 1. The van der Waals surface area contributed by atoms with Crippen LogP contribution in [-0.4, -0.2) is 23.8 Å². The van der Waals surface area contributed by atoms with Crippen molar-refractivity contribution in [2.45, 2.75) is 19.8 Å². The molecule has 0 unspecified atom stereocenters. The van der Waals surface area contributed by atoms with Gasteiger partial charge in [0.25, 0.3) is 0 Å². The van der Waals surface area contributed by atoms with Crippen LogP contribution in [-0.2, 0) is 6.42 Å². The second-order valence-corrected chi connectivity index (χ2v) is 5.22. The molecule has 1 aromatic heterocycles. The van der Waals surface area contributed by atoms with Crippen molar-refractivity contribution in [3.05, 3.63) is 33.2 Å². The summed E-state index contributed by atoms with van der Waals surface area (Å²) in [6.07, 6.45) is 1.82. The molecule has 0 radical (unpaired) electrons. The average Bonchev–Trinajstić information content (AvgIpc) is 2.82. The Morgan fingerprint density at radius 1 is 1.33 bits per heavy atom. The Labute approximate surface area is 120 Å². The van der Waals surface area contributed by atoms with E-state index in [1.807, 2.05) is 19.2 Å². The van der Waals surface area contributed by atoms with Crippen molar-refractivity contribution in [3.63, 3.8) is 0 Å². The molecule has 1 aromatic carbocycles. The summed E-state index contributed by atoms with van der Waals surface area (Å²) in [5.74, 6) is 1.32. The highest BCUT2D eigenvalue weighted by molar-refractivity contribution is 14.1. The summed E-state index contributed by atoms with van der Waals surface area (Å²) in [7, 11) is 1.94. The maximum Gasteiger partial charge on any atom is 0.248 e. The zero-order valence-electron chi connectivity index (χ0n) is 10.5. The third-order valence-electron chi connectivity index (χ3n) is 2.71. The molecule has 2 rings (SSSR count). The van der Waals surface area contributed by atoms with E-state index in [4.69, 9.17) is 4.42 Å². The van der Waals surface area contributed by atoms with E-state index in [2.05, 4.69) is 51.1 Å². The van der Waals surface area contributed by atoms with Crippen LogP contribution in [0.4, 0.5) is 0 Å². The predicted octanol–water partition coefficient (Wildman–Crippen LogP) is 2.80. The number of rotatable bonds is 5. The first-order valence-electron chi connectivity index (χ1n) is 5.95. The van der Waals surface area contributed by atoms with E-state index in [0.717, 1.165) is 24.9 Å². The van der Waals surface area contributed by atoms with Crippen molar-refractivity contribution in [2.24, 2.45) is 0 Å². The van der Waals surface area contributed by atoms with Gasteiger partial charge in [0.2, 0.25) is 11.8 Å². The van der Waals surface area contributed by atoms with Gasteiger partial charge >= 0.3 is 0 Å². The molecule has 5 heteroatoms. The lowest BCUT2D eigenvalue weighted by molar-refractivity contribution is 0.494. The minimum absolute atomic E-state index is 0.613. The van der Waals surface area contributed by atoms with Crippen molar-refractivity contribution in [1.29, 1.82) is 0 Å². The summed E-state index contributed by atoms with van der Waals surface area (Å²) < 4.78 is 6.86. The minimum atomic E-state index is 0.613. The summed E-state index contributed by atoms with van der Waals surface area (Å²) in [6, 6.07) is 6.10. The second kappa shape index (κ2) is 6.29. The Kier molecular flexibility index (Phi) is 4.71. The van der Waals surface area contributed by atoms with Gasteiger partial charge in [0.1, 0.15) is 0 Å². The quantitative estimate of drug-likeness (QED) is 0.661. The van der Waals surface area contributed by atoms with E-state index < -0.39 is 0 Å². The lowest BCUT2D eigenvalue weighted by atomic mass is 10.1. The zero-order valence-corrected chi connectivity index (χ0v) is 12.7. The van der Waals surface area contributed by atoms with Crippen LogP contribution in [0.3, 0.4) is 0 Å². The van der Waals surface area contributed by atoms with Crippen molar-refractivity contribution in [3.8, 4) is 11.5 Å². The molecule has 96 valence electrons. The summed E-state index contributed by atoms with van der Waals surface area (Å²) >= 11 is 2.31. The topological polar surface area (TPSA) is 51.0 Å². The van der Waals surface area contributed by atoms with Crippen LogP contribution < -0.4 is 5.32 Å². The van der Waals surface area contributed by atoms with Gasteiger partial charge in [0, 0.05) is 9.99 Å². The van der Waals surface area contributed by atoms with E-state index in [9.17, 15) is 0 Å². The van der Waals surface area contributed by atoms with Gasteiger partial charge in [-0.3, -0.25) is 0 Å². The van der Waals surface area contributed by atoms with Gasteiger partial charge < -0.3 is 9.73 Å². The SMILES string of the molecule is CNCCCc1nnc(-c2cccc(C)c2I)o1. The number of halogens is 1. The summed E-state index contributed by atoms with van der Waals surface area (Å²) in [4.78, 5) is 0. The Balaban J connectivity index is 2.16. The maximum atomic E-state index is 5.70. The van der Waals surface area contributed by atoms with Gasteiger partial charge in [-0.2, -0.15) is 0 Å². The fourth-order valence-corrected chi connectivity index (χ4v) is 2.28. The third-order valence-corrected chi connectivity index (χ3v) is 4.14. The first kappa shape index (κ1) is 13.5. The first-order valence-corrected chi connectivity index (χ1v) is 7.02. The van der Waals surface area contributed by atoms with E-state index >= 15 is 0 Å². The molecule has 0 atom stereocenters. The zero-order chi connectivity index (χ0) is 13.0. The van der Waals surface area contributed by atoms with Crippen molar-refractivity contribution in [2.75, 3.05) is 13.6 Å². The lowest BCUT2D eigenvalue weighted by Gasteiger charge is -2.02. The molecule has 0 spiro atoms. The van der Waals surface area contributed by atoms with Crippen molar-refractivity contribution in [1.82, 2.24) is 15.5 Å². The molecular formula is C13H16IN3O. The molecular weight excluding hydrogens is 341 g/mol. The molecule has 2 aromatic rings. The molecule has 0 fully saturated rings. The molecule has 0 aliphatic rings. The molecule has 0 saturated carbocycles. The van der Waals surface area contributed by atoms with Crippen molar-refractivity contribution >= 4 is 22.6 Å². The number of aryl methyl sites for hydroxylation is 2. The smallest absolute Gasteiger partial charge is 0.248 e. The van der Waals surface area contributed by atoms with E-state index in [1.54, 1.807) is 0 Å². The highest BCUT2D eigenvalue weighted by atomic mass is 127. The maximum absolute atomic E-state index is 5.70. The van der Waals surface area contributed by atoms with E-state index in [1.165, 1.54) is 9.13 Å². The lowest BCUT2D eigenvalue weighted by Crippen LogP contribution is -2.08. The summed E-state index contributed by atoms with van der Waals surface area (Å²) in [5.41, 5.74) is 2.24. The van der Waals surface area contributed by atoms with Crippen LogP contribution >= 0.6 is 22.6 Å². The molecule has 4 nitrogen and oxygen atoms in total. The normalized spacial score (nSPS) is 10.8. The Bertz CT molecular complexity index is 525. The third kappa shape index (κ3) is 3.08. The fraction of sp³-hybridized carbons (Fsp3) is 0.385. The predicted molar refractivity (Wildman–Crippen MR) is 79.4 cm³/mol. The summed E-state index contributed by atoms with van der Waals surface area (Å²) in [6.45, 7) is 3.04. The summed E-state index contributed by atoms with van der Waals surface area (Å²) in [5, 5.41) is 11.3. The first-order chi connectivity index (χ1) is 8.72. The van der Waals surface area contributed by atoms with Gasteiger partial charge in [0.15, 0.2) is 0 Å². The Morgan fingerprint density at radius 2 is 2.17 bits per heavy atom. The highest BCUT2D eigenvalue weighted by Gasteiger charge is 2.12. The average molecular weight is 357 g/mol. The van der Waals surface area contributed by atoms with Crippen molar-refractivity contribution < 1.29 is 4.42 Å². The Morgan fingerprint density at radius 3 is 2.94 bits per heavy atom. The number of nitrogens with zero attached hydrogens (tertiary/aromatic N) is 2. The molecule has 1 N–H and O–H groups in total. The van der Waals surface area contributed by atoms with Gasteiger partial charge in [-0.15, -0.1) is 10.2 Å². The van der Waals surface area contributed by atoms with Crippen LogP contribution in [0.2, 0.25) is 0 Å². The number of hydrogen-bond acceptors (Lipinski definition) is 4. The number of hydrogen-bond donors (Lipinski definition) is 1. The monoisotopic (exact) mass is 357 g/mol. The molecule has 0 aliphatic heterocycles. The van der Waals surface area contributed by atoms with Crippen LogP contribution in [0.5, 0.6) is 0 Å². The van der Waals surface area contributed by atoms with Gasteiger partial charge in [-0.25, -0.2) is 0 Å².